The number of rotatable bonds is 5. The zero-order valence-corrected chi connectivity index (χ0v) is 15.2. The van der Waals surface area contributed by atoms with Crippen LogP contribution in [0.3, 0.4) is 0 Å². The Bertz CT molecular complexity index is 1060. The number of carboxylic acids is 2. The largest absolute Gasteiger partial charge is 0.478 e. The molecule has 1 aromatic heterocycles. The Hall–Kier alpha value is -3.16. The maximum atomic E-state index is 12.5. The summed E-state index contributed by atoms with van der Waals surface area (Å²) < 4.78 is 0. The lowest BCUT2D eigenvalue weighted by Gasteiger charge is -2.08. The predicted octanol–water partition coefficient (Wildman–Crippen LogP) is 4.72. The van der Waals surface area contributed by atoms with E-state index in [4.69, 9.17) is 11.6 Å². The molecule has 0 aliphatic rings. The highest BCUT2D eigenvalue weighted by Crippen LogP contribution is 2.36. The van der Waals surface area contributed by atoms with Gasteiger partial charge >= 0.3 is 11.9 Å². The van der Waals surface area contributed by atoms with Crippen LogP contribution in [0.25, 0.3) is 11.1 Å². The van der Waals surface area contributed by atoms with Gasteiger partial charge in [-0.3, -0.25) is 4.79 Å². The number of amides is 1. The van der Waals surface area contributed by atoms with Crippen LogP contribution in [0.1, 0.15) is 31.1 Å². The Morgan fingerprint density at radius 3 is 2.26 bits per heavy atom. The van der Waals surface area contributed by atoms with E-state index in [-0.39, 0.29) is 21.7 Å². The van der Waals surface area contributed by atoms with Crippen LogP contribution in [0.2, 0.25) is 5.02 Å². The van der Waals surface area contributed by atoms with Gasteiger partial charge in [0.1, 0.15) is 10.6 Å². The summed E-state index contributed by atoms with van der Waals surface area (Å²) in [4.78, 5) is 35.6. The van der Waals surface area contributed by atoms with Crippen molar-refractivity contribution in [3.8, 4) is 11.1 Å². The molecular weight excluding hydrogens is 390 g/mol. The zero-order valence-electron chi connectivity index (χ0n) is 13.6. The van der Waals surface area contributed by atoms with Crippen LogP contribution in [-0.2, 0) is 0 Å². The standard InChI is InChI=1S/C19H12ClNO5S/c20-11-5-3-4-10(8-11)14-9-27-17(15(14)19(25)26)21-16(22)12-6-1-2-7-13(12)18(23)24/h1-9H,(H,21,22)(H,23,24)(H,25,26). The van der Waals surface area contributed by atoms with Crippen molar-refractivity contribution in [1.29, 1.82) is 0 Å². The predicted molar refractivity (Wildman–Crippen MR) is 103 cm³/mol. The van der Waals surface area contributed by atoms with Crippen molar-refractivity contribution in [3.63, 3.8) is 0 Å². The van der Waals surface area contributed by atoms with Gasteiger partial charge in [0.2, 0.25) is 0 Å². The smallest absolute Gasteiger partial charge is 0.339 e. The first-order valence-electron chi connectivity index (χ1n) is 7.63. The molecule has 0 aliphatic heterocycles. The lowest BCUT2D eigenvalue weighted by Crippen LogP contribution is -2.17. The Balaban J connectivity index is 2.00. The molecule has 136 valence electrons. The maximum absolute atomic E-state index is 12.5. The first kappa shape index (κ1) is 18.6. The van der Waals surface area contributed by atoms with Crippen molar-refractivity contribution in [2.45, 2.75) is 0 Å². The van der Waals surface area contributed by atoms with Crippen molar-refractivity contribution >= 4 is 45.8 Å². The Morgan fingerprint density at radius 1 is 0.926 bits per heavy atom. The topological polar surface area (TPSA) is 104 Å². The molecule has 0 atom stereocenters. The molecule has 0 aliphatic carbocycles. The lowest BCUT2D eigenvalue weighted by atomic mass is 10.0. The van der Waals surface area contributed by atoms with Gasteiger partial charge in [0.25, 0.3) is 5.91 Å². The van der Waals surface area contributed by atoms with Crippen molar-refractivity contribution < 1.29 is 24.6 Å². The second kappa shape index (κ2) is 7.61. The molecule has 0 unspecified atom stereocenters. The van der Waals surface area contributed by atoms with Gasteiger partial charge in [0.15, 0.2) is 0 Å². The SMILES string of the molecule is O=C(O)c1ccccc1C(=O)Nc1scc(-c2cccc(Cl)c2)c1C(=O)O. The fourth-order valence-corrected chi connectivity index (χ4v) is 3.72. The Labute approximate surface area is 162 Å². The van der Waals surface area contributed by atoms with E-state index in [1.165, 1.54) is 24.3 Å². The van der Waals surface area contributed by atoms with E-state index in [2.05, 4.69) is 5.32 Å². The van der Waals surface area contributed by atoms with Crippen LogP contribution in [-0.4, -0.2) is 28.1 Å². The molecule has 3 N–H and O–H groups in total. The van der Waals surface area contributed by atoms with Gasteiger partial charge in [-0.2, -0.15) is 0 Å². The number of carbonyl (C=O) groups is 3. The molecule has 3 rings (SSSR count). The molecule has 0 fully saturated rings. The fraction of sp³-hybridized carbons (Fsp3) is 0. The Kier molecular flexibility index (Phi) is 5.25. The van der Waals surface area contributed by atoms with Crippen LogP contribution in [0.15, 0.2) is 53.9 Å². The van der Waals surface area contributed by atoms with E-state index in [0.717, 1.165) is 11.3 Å². The number of halogens is 1. The second-order valence-electron chi connectivity index (χ2n) is 5.47. The molecule has 1 heterocycles. The van der Waals surface area contributed by atoms with Crippen molar-refractivity contribution in [2.24, 2.45) is 0 Å². The molecule has 0 saturated carbocycles. The third-order valence-corrected chi connectivity index (χ3v) is 4.90. The average molecular weight is 402 g/mol. The zero-order chi connectivity index (χ0) is 19.6. The number of anilines is 1. The lowest BCUT2D eigenvalue weighted by molar-refractivity contribution is 0.0684. The van der Waals surface area contributed by atoms with Crippen LogP contribution >= 0.6 is 22.9 Å². The number of nitrogens with one attached hydrogen (secondary N) is 1. The van der Waals surface area contributed by atoms with Crippen LogP contribution in [0.4, 0.5) is 5.00 Å². The molecule has 1 amide bonds. The van der Waals surface area contributed by atoms with Crippen LogP contribution in [0, 0.1) is 0 Å². The summed E-state index contributed by atoms with van der Waals surface area (Å²) in [5, 5.41) is 23.5. The first-order valence-corrected chi connectivity index (χ1v) is 8.88. The highest BCUT2D eigenvalue weighted by atomic mass is 35.5. The van der Waals surface area contributed by atoms with Gasteiger partial charge in [0, 0.05) is 16.0 Å². The van der Waals surface area contributed by atoms with Gasteiger partial charge in [-0.15, -0.1) is 11.3 Å². The van der Waals surface area contributed by atoms with E-state index in [0.29, 0.717) is 16.1 Å². The monoisotopic (exact) mass is 401 g/mol. The number of benzene rings is 2. The summed E-state index contributed by atoms with van der Waals surface area (Å²) in [6.45, 7) is 0. The molecular formula is C19H12ClNO5S. The minimum Gasteiger partial charge on any atom is -0.478 e. The maximum Gasteiger partial charge on any atom is 0.339 e. The highest BCUT2D eigenvalue weighted by Gasteiger charge is 2.23. The van der Waals surface area contributed by atoms with Crippen LogP contribution in [0.5, 0.6) is 0 Å². The molecule has 0 spiro atoms. The normalized spacial score (nSPS) is 10.4. The fourth-order valence-electron chi connectivity index (χ4n) is 2.57. The van der Waals surface area contributed by atoms with E-state index in [1.54, 1.807) is 29.6 Å². The number of carbonyl (C=O) groups excluding carboxylic acids is 1. The van der Waals surface area contributed by atoms with Gasteiger partial charge in [-0.1, -0.05) is 35.9 Å². The molecule has 3 aromatic rings. The molecule has 27 heavy (non-hydrogen) atoms. The third-order valence-electron chi connectivity index (χ3n) is 3.77. The van der Waals surface area contributed by atoms with Crippen molar-refractivity contribution in [2.75, 3.05) is 5.32 Å². The van der Waals surface area contributed by atoms with Gasteiger partial charge in [0.05, 0.1) is 11.1 Å². The average Bonchev–Trinajstić information content (AvgIpc) is 3.05. The summed E-state index contributed by atoms with van der Waals surface area (Å²) in [5.74, 6) is -3.16. The number of aromatic carboxylic acids is 2. The number of carboxylic acid groups (broad SMARTS) is 2. The molecule has 6 nitrogen and oxygen atoms in total. The van der Waals surface area contributed by atoms with Gasteiger partial charge in [-0.05, 0) is 29.8 Å². The second-order valence-corrected chi connectivity index (χ2v) is 6.79. The Morgan fingerprint density at radius 2 is 1.63 bits per heavy atom. The summed E-state index contributed by atoms with van der Waals surface area (Å²) in [6, 6.07) is 12.4. The van der Waals surface area contributed by atoms with Gasteiger partial charge in [-0.25, -0.2) is 9.59 Å². The van der Waals surface area contributed by atoms with Crippen molar-refractivity contribution in [1.82, 2.24) is 0 Å². The van der Waals surface area contributed by atoms with E-state index < -0.39 is 17.8 Å². The van der Waals surface area contributed by atoms with Crippen LogP contribution < -0.4 is 5.32 Å². The quantitative estimate of drug-likeness (QED) is 0.574. The molecule has 0 saturated heterocycles. The third kappa shape index (κ3) is 3.84. The highest BCUT2D eigenvalue weighted by molar-refractivity contribution is 7.15. The number of hydrogen-bond donors (Lipinski definition) is 3. The minimum atomic E-state index is -1.25. The summed E-state index contributed by atoms with van der Waals surface area (Å²) in [5.41, 5.74) is 0.709. The molecule has 8 heteroatoms. The summed E-state index contributed by atoms with van der Waals surface area (Å²) in [6.07, 6.45) is 0. The van der Waals surface area contributed by atoms with E-state index in [9.17, 15) is 24.6 Å². The van der Waals surface area contributed by atoms with Crippen molar-refractivity contribution in [3.05, 3.63) is 75.6 Å². The summed E-state index contributed by atoms with van der Waals surface area (Å²) >= 11 is 7.01. The number of thiophene rings is 1. The van der Waals surface area contributed by atoms with Gasteiger partial charge < -0.3 is 15.5 Å². The minimum absolute atomic E-state index is 0.0564. The van der Waals surface area contributed by atoms with E-state index >= 15 is 0 Å². The van der Waals surface area contributed by atoms with E-state index in [1.807, 2.05) is 0 Å². The first-order chi connectivity index (χ1) is 12.9. The molecule has 0 radical (unpaired) electrons. The molecule has 0 bridgehead atoms. The summed E-state index contributed by atoms with van der Waals surface area (Å²) in [7, 11) is 0. The molecule has 2 aromatic carbocycles. The number of hydrogen-bond acceptors (Lipinski definition) is 4.